The van der Waals surface area contributed by atoms with Crippen molar-refractivity contribution in [3.63, 3.8) is 0 Å². The Kier molecular flexibility index (Phi) is 3.66. The van der Waals surface area contributed by atoms with Crippen LogP contribution in [-0.2, 0) is 6.42 Å². The van der Waals surface area contributed by atoms with Gasteiger partial charge in [-0.25, -0.2) is 5.43 Å². The number of para-hydroxylation sites is 1. The zero-order chi connectivity index (χ0) is 16.4. The molecule has 0 fully saturated rings. The zero-order valence-electron chi connectivity index (χ0n) is 13.2. The molecule has 1 heterocycles. The number of hydrogen-bond donors (Lipinski definition) is 1. The Labute approximate surface area is 139 Å². The maximum absolute atomic E-state index is 5.27. The van der Waals surface area contributed by atoms with Gasteiger partial charge in [-0.3, -0.25) is 0 Å². The molecule has 24 heavy (non-hydrogen) atoms. The van der Waals surface area contributed by atoms with Crippen LogP contribution in [0.4, 0.5) is 5.95 Å². The Morgan fingerprint density at radius 1 is 1.12 bits per heavy atom. The third-order valence-electron chi connectivity index (χ3n) is 4.02. The molecule has 4 rings (SSSR count). The summed E-state index contributed by atoms with van der Waals surface area (Å²) in [5, 5.41) is 16.2. The first-order chi connectivity index (χ1) is 11.8. The highest BCUT2D eigenvalue weighted by Gasteiger charge is 2.19. The number of rotatable bonds is 4. The van der Waals surface area contributed by atoms with Crippen LogP contribution in [-0.4, -0.2) is 33.0 Å². The molecule has 0 bridgehead atoms. The van der Waals surface area contributed by atoms with Crippen LogP contribution in [0.1, 0.15) is 17.5 Å². The van der Waals surface area contributed by atoms with Gasteiger partial charge < -0.3 is 4.74 Å². The van der Waals surface area contributed by atoms with Crippen molar-refractivity contribution in [2.24, 2.45) is 5.10 Å². The van der Waals surface area contributed by atoms with Gasteiger partial charge in [0.05, 0.1) is 18.5 Å². The van der Waals surface area contributed by atoms with Gasteiger partial charge in [-0.05, 0) is 59.2 Å². The molecule has 0 aliphatic heterocycles. The molecule has 0 atom stereocenters. The summed E-state index contributed by atoms with van der Waals surface area (Å²) in [6.45, 7) is 0. The third-order valence-corrected chi connectivity index (χ3v) is 4.02. The van der Waals surface area contributed by atoms with E-state index in [1.165, 1.54) is 5.56 Å². The molecular weight excluding hydrogens is 304 g/mol. The van der Waals surface area contributed by atoms with Crippen molar-refractivity contribution in [1.82, 2.24) is 20.2 Å². The minimum Gasteiger partial charge on any atom is -0.497 e. The fraction of sp³-hybridized carbons (Fsp3) is 0.176. The minimum atomic E-state index is 0.482. The van der Waals surface area contributed by atoms with Crippen LogP contribution in [0.3, 0.4) is 0 Å². The fourth-order valence-electron chi connectivity index (χ4n) is 2.81. The van der Waals surface area contributed by atoms with Gasteiger partial charge in [0.25, 0.3) is 5.95 Å². The number of aryl methyl sites for hydroxylation is 1. The predicted molar refractivity (Wildman–Crippen MR) is 90.6 cm³/mol. The Hall–Kier alpha value is -3.22. The van der Waals surface area contributed by atoms with Crippen LogP contribution < -0.4 is 10.2 Å². The number of hydrogen-bond acceptors (Lipinski definition) is 6. The first-order valence-corrected chi connectivity index (χ1v) is 7.69. The van der Waals surface area contributed by atoms with Crippen LogP contribution in [0.15, 0.2) is 53.6 Å². The Morgan fingerprint density at radius 2 is 2.00 bits per heavy atom. The summed E-state index contributed by atoms with van der Waals surface area (Å²) in [7, 11) is 1.68. The summed E-state index contributed by atoms with van der Waals surface area (Å²) in [6, 6.07) is 15.8. The van der Waals surface area contributed by atoms with Gasteiger partial charge in [0, 0.05) is 5.56 Å². The SMILES string of the molecule is COc1ccc2c(c1)CC/C2=N/Nc1nnnn1-c1ccccc1. The van der Waals surface area contributed by atoms with Crippen molar-refractivity contribution in [1.29, 1.82) is 0 Å². The molecule has 3 aromatic rings. The molecule has 7 nitrogen and oxygen atoms in total. The van der Waals surface area contributed by atoms with Gasteiger partial charge in [-0.1, -0.05) is 23.3 Å². The van der Waals surface area contributed by atoms with Crippen molar-refractivity contribution in [2.45, 2.75) is 12.8 Å². The minimum absolute atomic E-state index is 0.482. The van der Waals surface area contributed by atoms with Crippen molar-refractivity contribution in [2.75, 3.05) is 12.5 Å². The highest BCUT2D eigenvalue weighted by Crippen LogP contribution is 2.26. The van der Waals surface area contributed by atoms with Crippen LogP contribution in [0.25, 0.3) is 5.69 Å². The van der Waals surface area contributed by atoms with Crippen molar-refractivity contribution in [3.8, 4) is 11.4 Å². The fourth-order valence-corrected chi connectivity index (χ4v) is 2.81. The summed E-state index contributed by atoms with van der Waals surface area (Å²) in [6.07, 6.45) is 1.83. The van der Waals surface area contributed by atoms with Crippen molar-refractivity contribution >= 4 is 11.7 Å². The van der Waals surface area contributed by atoms with E-state index < -0.39 is 0 Å². The van der Waals surface area contributed by atoms with E-state index in [-0.39, 0.29) is 0 Å². The van der Waals surface area contributed by atoms with Gasteiger partial charge in [-0.2, -0.15) is 9.78 Å². The number of methoxy groups -OCH3 is 1. The molecule has 7 heteroatoms. The van der Waals surface area contributed by atoms with Gasteiger partial charge in [0.15, 0.2) is 0 Å². The Balaban J connectivity index is 1.59. The van der Waals surface area contributed by atoms with E-state index in [0.717, 1.165) is 35.6 Å². The molecule has 0 amide bonds. The van der Waals surface area contributed by atoms with Crippen molar-refractivity contribution in [3.05, 3.63) is 59.7 Å². The summed E-state index contributed by atoms with van der Waals surface area (Å²) in [5.74, 6) is 1.35. The van der Waals surface area contributed by atoms with Crippen molar-refractivity contribution < 1.29 is 4.74 Å². The lowest BCUT2D eigenvalue weighted by Gasteiger charge is -2.05. The lowest BCUT2D eigenvalue weighted by molar-refractivity contribution is 0.414. The van der Waals surface area contributed by atoms with Gasteiger partial charge in [0.1, 0.15) is 5.75 Å². The number of benzene rings is 2. The Morgan fingerprint density at radius 3 is 2.83 bits per heavy atom. The van der Waals surface area contributed by atoms with Crippen LogP contribution in [0.5, 0.6) is 5.75 Å². The van der Waals surface area contributed by atoms with Crippen LogP contribution in [0, 0.1) is 0 Å². The van der Waals surface area contributed by atoms with E-state index >= 15 is 0 Å². The molecule has 1 aliphatic rings. The highest BCUT2D eigenvalue weighted by atomic mass is 16.5. The Bertz CT molecular complexity index is 887. The van der Waals surface area contributed by atoms with E-state index in [1.807, 2.05) is 42.5 Å². The first kappa shape index (κ1) is 14.4. The summed E-state index contributed by atoms with van der Waals surface area (Å²) in [4.78, 5) is 0. The molecule has 0 radical (unpaired) electrons. The quantitative estimate of drug-likeness (QED) is 0.747. The predicted octanol–water partition coefficient (Wildman–Crippen LogP) is 2.43. The topological polar surface area (TPSA) is 77.2 Å². The average Bonchev–Trinajstić information content (AvgIpc) is 3.26. The largest absolute Gasteiger partial charge is 0.497 e. The maximum Gasteiger partial charge on any atom is 0.268 e. The monoisotopic (exact) mass is 320 g/mol. The number of nitrogens with zero attached hydrogens (tertiary/aromatic N) is 5. The summed E-state index contributed by atoms with van der Waals surface area (Å²) >= 11 is 0. The van der Waals surface area contributed by atoms with Crippen LogP contribution >= 0.6 is 0 Å². The number of nitrogens with one attached hydrogen (secondary N) is 1. The van der Waals surface area contributed by atoms with E-state index in [4.69, 9.17) is 4.74 Å². The smallest absolute Gasteiger partial charge is 0.268 e. The number of ether oxygens (including phenoxy) is 1. The molecule has 1 N–H and O–H groups in total. The van der Waals surface area contributed by atoms with E-state index in [2.05, 4.69) is 32.1 Å². The molecule has 1 aromatic heterocycles. The van der Waals surface area contributed by atoms with E-state index in [1.54, 1.807) is 11.8 Å². The maximum atomic E-state index is 5.27. The molecule has 0 saturated carbocycles. The molecular formula is C17H16N6O. The number of aromatic nitrogens is 4. The lowest BCUT2D eigenvalue weighted by Crippen LogP contribution is -2.06. The van der Waals surface area contributed by atoms with Gasteiger partial charge >= 0.3 is 0 Å². The second-order valence-electron chi connectivity index (χ2n) is 5.44. The van der Waals surface area contributed by atoms with E-state index in [9.17, 15) is 0 Å². The summed E-state index contributed by atoms with van der Waals surface area (Å²) < 4.78 is 6.89. The third kappa shape index (κ3) is 2.60. The number of anilines is 1. The van der Waals surface area contributed by atoms with Gasteiger partial charge in [0.2, 0.25) is 0 Å². The zero-order valence-corrected chi connectivity index (χ0v) is 13.2. The number of hydrazone groups is 1. The molecule has 0 unspecified atom stereocenters. The average molecular weight is 320 g/mol. The molecule has 0 spiro atoms. The summed E-state index contributed by atoms with van der Waals surface area (Å²) in [5.41, 5.74) is 7.25. The molecule has 120 valence electrons. The van der Waals surface area contributed by atoms with Crippen LogP contribution in [0.2, 0.25) is 0 Å². The second-order valence-corrected chi connectivity index (χ2v) is 5.44. The first-order valence-electron chi connectivity index (χ1n) is 7.69. The van der Waals surface area contributed by atoms with E-state index in [0.29, 0.717) is 5.95 Å². The normalized spacial score (nSPS) is 14.6. The second kappa shape index (κ2) is 6.11. The molecule has 2 aromatic carbocycles. The molecule has 0 saturated heterocycles. The standard InChI is InChI=1S/C17H16N6O/c1-24-14-8-9-15-12(11-14)7-10-16(15)18-19-17-20-21-22-23(17)13-5-3-2-4-6-13/h2-6,8-9,11H,7,10H2,1H3,(H,19,20,22)/b18-16-. The van der Waals surface area contributed by atoms with Gasteiger partial charge in [-0.15, -0.1) is 0 Å². The number of tetrazole rings is 1. The highest BCUT2D eigenvalue weighted by molar-refractivity contribution is 6.04. The lowest BCUT2D eigenvalue weighted by atomic mass is 10.1. The number of fused-ring (bicyclic) bond motifs is 1. The molecule has 1 aliphatic carbocycles.